The summed E-state index contributed by atoms with van der Waals surface area (Å²) in [5, 5.41) is 4.17. The molecule has 0 amide bonds. The maximum Gasteiger partial charge on any atom is 0.128 e. The number of nitrogens with zero attached hydrogens (tertiary/aromatic N) is 2. The van der Waals surface area contributed by atoms with E-state index in [1.165, 1.54) is 19.3 Å². The zero-order valence-electron chi connectivity index (χ0n) is 12.8. The zero-order valence-corrected chi connectivity index (χ0v) is 13.6. The molecule has 0 bridgehead atoms. The lowest BCUT2D eigenvalue weighted by Gasteiger charge is -2.32. The molecule has 0 radical (unpaired) electrons. The van der Waals surface area contributed by atoms with Gasteiger partial charge in [0, 0.05) is 31.9 Å². The highest BCUT2D eigenvalue weighted by Gasteiger charge is 2.19. The van der Waals surface area contributed by atoms with Crippen LogP contribution < -0.4 is 10.2 Å². The van der Waals surface area contributed by atoms with Gasteiger partial charge in [-0.1, -0.05) is 38.8 Å². The molecule has 0 unspecified atom stereocenters. The van der Waals surface area contributed by atoms with Crippen molar-refractivity contribution in [3.63, 3.8) is 0 Å². The highest BCUT2D eigenvalue weighted by molar-refractivity contribution is 6.31. The Morgan fingerprint density at radius 1 is 1.40 bits per heavy atom. The van der Waals surface area contributed by atoms with E-state index in [0.717, 1.165) is 42.0 Å². The molecule has 3 nitrogen and oxygen atoms in total. The summed E-state index contributed by atoms with van der Waals surface area (Å²) in [5.74, 6) is 1.96. The molecule has 4 heteroatoms. The van der Waals surface area contributed by atoms with Crippen molar-refractivity contribution in [1.29, 1.82) is 0 Å². The third-order valence-electron chi connectivity index (χ3n) is 4.14. The zero-order chi connectivity index (χ0) is 14.5. The van der Waals surface area contributed by atoms with Gasteiger partial charge in [-0.25, -0.2) is 4.98 Å². The van der Waals surface area contributed by atoms with Crippen LogP contribution in [-0.2, 0) is 6.54 Å². The van der Waals surface area contributed by atoms with Crippen molar-refractivity contribution in [2.24, 2.45) is 5.92 Å². The number of halogens is 1. The largest absolute Gasteiger partial charge is 0.357 e. The van der Waals surface area contributed by atoms with Crippen LogP contribution >= 0.6 is 11.6 Å². The van der Waals surface area contributed by atoms with Crippen LogP contribution in [0, 0.1) is 5.92 Å². The molecule has 2 heterocycles. The van der Waals surface area contributed by atoms with Crippen LogP contribution in [0.2, 0.25) is 5.02 Å². The second-order valence-corrected chi connectivity index (χ2v) is 6.42. The van der Waals surface area contributed by atoms with Crippen LogP contribution in [0.1, 0.15) is 45.6 Å². The van der Waals surface area contributed by atoms with Gasteiger partial charge in [-0.05, 0) is 30.4 Å². The van der Waals surface area contributed by atoms with E-state index in [9.17, 15) is 0 Å². The second-order valence-electron chi connectivity index (χ2n) is 6.01. The summed E-state index contributed by atoms with van der Waals surface area (Å²) in [7, 11) is 0. The number of rotatable bonds is 5. The van der Waals surface area contributed by atoms with E-state index in [0.29, 0.717) is 6.04 Å². The summed E-state index contributed by atoms with van der Waals surface area (Å²) < 4.78 is 0. The lowest BCUT2D eigenvalue weighted by atomic mass is 9.94. The maximum absolute atomic E-state index is 6.24. The fourth-order valence-electron chi connectivity index (χ4n) is 2.66. The molecule has 1 aromatic heterocycles. The van der Waals surface area contributed by atoms with Crippen molar-refractivity contribution in [3.05, 3.63) is 22.8 Å². The number of piperidine rings is 1. The molecule has 0 atom stereocenters. The third kappa shape index (κ3) is 4.10. The molecule has 0 spiro atoms. The first-order valence-electron chi connectivity index (χ1n) is 7.73. The van der Waals surface area contributed by atoms with Gasteiger partial charge in [0.15, 0.2) is 0 Å². The van der Waals surface area contributed by atoms with Crippen molar-refractivity contribution in [3.8, 4) is 0 Å². The standard InChI is InChI=1S/C16H26ClN3/c1-4-13-5-7-20(8-6-13)16-9-14(10-18-12(2)3)15(17)11-19-16/h9,11-13,18H,4-8,10H2,1-3H3. The average molecular weight is 296 g/mol. The van der Waals surface area contributed by atoms with E-state index in [1.807, 2.05) is 0 Å². The molecule has 1 fully saturated rings. The first-order valence-corrected chi connectivity index (χ1v) is 8.10. The molecule has 0 aromatic carbocycles. The van der Waals surface area contributed by atoms with Crippen LogP contribution in [0.3, 0.4) is 0 Å². The highest BCUT2D eigenvalue weighted by Crippen LogP contribution is 2.26. The van der Waals surface area contributed by atoms with Crippen LogP contribution in [0.5, 0.6) is 0 Å². The lowest BCUT2D eigenvalue weighted by Crippen LogP contribution is -2.34. The van der Waals surface area contributed by atoms with Gasteiger partial charge in [-0.2, -0.15) is 0 Å². The Morgan fingerprint density at radius 3 is 2.70 bits per heavy atom. The minimum Gasteiger partial charge on any atom is -0.357 e. The van der Waals surface area contributed by atoms with Crippen LogP contribution in [0.4, 0.5) is 5.82 Å². The number of hydrogen-bond donors (Lipinski definition) is 1. The Balaban J connectivity index is 2.03. The van der Waals surface area contributed by atoms with Crippen molar-refractivity contribution >= 4 is 17.4 Å². The fraction of sp³-hybridized carbons (Fsp3) is 0.688. The predicted octanol–water partition coefficient (Wildman–Crippen LogP) is 3.86. The number of anilines is 1. The van der Waals surface area contributed by atoms with E-state index in [1.54, 1.807) is 6.20 Å². The summed E-state index contributed by atoms with van der Waals surface area (Å²) in [5.41, 5.74) is 1.14. The second kappa shape index (κ2) is 7.28. The fourth-order valence-corrected chi connectivity index (χ4v) is 2.83. The van der Waals surface area contributed by atoms with Gasteiger partial charge in [-0.3, -0.25) is 0 Å². The Bertz CT molecular complexity index is 426. The molecular weight excluding hydrogens is 270 g/mol. The number of aromatic nitrogens is 1. The van der Waals surface area contributed by atoms with E-state index in [-0.39, 0.29) is 0 Å². The quantitative estimate of drug-likeness (QED) is 0.894. The minimum absolute atomic E-state index is 0.461. The first-order chi connectivity index (χ1) is 9.60. The first kappa shape index (κ1) is 15.6. The predicted molar refractivity (Wildman–Crippen MR) is 86.5 cm³/mol. The van der Waals surface area contributed by atoms with Gasteiger partial charge in [0.25, 0.3) is 0 Å². The van der Waals surface area contributed by atoms with Gasteiger partial charge in [0.2, 0.25) is 0 Å². The molecule has 1 saturated heterocycles. The molecule has 1 aliphatic rings. The molecular formula is C16H26ClN3. The number of nitrogens with one attached hydrogen (secondary N) is 1. The molecule has 0 aliphatic carbocycles. The van der Waals surface area contributed by atoms with Crippen LogP contribution in [-0.4, -0.2) is 24.1 Å². The van der Waals surface area contributed by atoms with Gasteiger partial charge in [0.1, 0.15) is 5.82 Å². The van der Waals surface area contributed by atoms with Gasteiger partial charge in [-0.15, -0.1) is 0 Å². The van der Waals surface area contributed by atoms with Crippen molar-refractivity contribution < 1.29 is 0 Å². The van der Waals surface area contributed by atoms with E-state index < -0.39 is 0 Å². The molecule has 2 rings (SSSR count). The molecule has 20 heavy (non-hydrogen) atoms. The molecule has 1 aromatic rings. The molecule has 1 aliphatic heterocycles. The Kier molecular flexibility index (Phi) is 5.67. The normalized spacial score (nSPS) is 16.9. The highest BCUT2D eigenvalue weighted by atomic mass is 35.5. The maximum atomic E-state index is 6.24. The van der Waals surface area contributed by atoms with E-state index in [4.69, 9.17) is 11.6 Å². The summed E-state index contributed by atoms with van der Waals surface area (Å²) in [4.78, 5) is 6.90. The Labute approximate surface area is 127 Å². The summed E-state index contributed by atoms with van der Waals surface area (Å²) in [6, 6.07) is 2.60. The Hall–Kier alpha value is -0.800. The van der Waals surface area contributed by atoms with Crippen molar-refractivity contribution in [1.82, 2.24) is 10.3 Å². The van der Waals surface area contributed by atoms with Crippen LogP contribution in [0.15, 0.2) is 12.3 Å². The average Bonchev–Trinajstić information content (AvgIpc) is 2.46. The van der Waals surface area contributed by atoms with E-state index >= 15 is 0 Å². The van der Waals surface area contributed by atoms with Gasteiger partial charge < -0.3 is 10.2 Å². The topological polar surface area (TPSA) is 28.2 Å². The summed E-state index contributed by atoms with van der Waals surface area (Å²) in [6.07, 6.45) is 5.65. The monoisotopic (exact) mass is 295 g/mol. The van der Waals surface area contributed by atoms with Gasteiger partial charge in [0.05, 0.1) is 5.02 Å². The number of hydrogen-bond acceptors (Lipinski definition) is 3. The number of pyridine rings is 1. The smallest absolute Gasteiger partial charge is 0.128 e. The molecule has 0 saturated carbocycles. The third-order valence-corrected chi connectivity index (χ3v) is 4.48. The SMILES string of the molecule is CCC1CCN(c2cc(CNC(C)C)c(Cl)cn2)CC1. The van der Waals surface area contributed by atoms with Crippen molar-refractivity contribution in [2.75, 3.05) is 18.0 Å². The van der Waals surface area contributed by atoms with E-state index in [2.05, 4.69) is 42.0 Å². The summed E-state index contributed by atoms with van der Waals surface area (Å²) in [6.45, 7) is 9.61. The molecule has 112 valence electrons. The van der Waals surface area contributed by atoms with Crippen LogP contribution in [0.25, 0.3) is 0 Å². The van der Waals surface area contributed by atoms with Gasteiger partial charge >= 0.3 is 0 Å². The van der Waals surface area contributed by atoms with Crippen molar-refractivity contribution in [2.45, 2.75) is 52.6 Å². The molecule has 1 N–H and O–H groups in total. The lowest BCUT2D eigenvalue weighted by molar-refractivity contribution is 0.393. The Morgan fingerprint density at radius 2 is 2.10 bits per heavy atom. The minimum atomic E-state index is 0.461. The summed E-state index contributed by atoms with van der Waals surface area (Å²) >= 11 is 6.24.